The van der Waals surface area contributed by atoms with E-state index in [1.54, 1.807) is 0 Å². The van der Waals surface area contributed by atoms with Crippen molar-refractivity contribution in [3.8, 4) is 0 Å². The van der Waals surface area contributed by atoms with E-state index in [-0.39, 0.29) is 30.1 Å². The molecule has 0 bridgehead atoms. The average Bonchev–Trinajstić information content (AvgIpc) is 2.58. The van der Waals surface area contributed by atoms with Crippen molar-refractivity contribution in [1.29, 1.82) is 0 Å². The maximum atomic E-state index is 13.3. The van der Waals surface area contributed by atoms with Gasteiger partial charge in [0.25, 0.3) is 5.56 Å². The van der Waals surface area contributed by atoms with Crippen molar-refractivity contribution in [2.45, 2.75) is 64.6 Å². The van der Waals surface area contributed by atoms with Crippen molar-refractivity contribution in [2.75, 3.05) is 0 Å². The number of carbonyl (C=O) groups excluding carboxylic acids is 1. The fourth-order valence-electron chi connectivity index (χ4n) is 3.74. The molecule has 1 aliphatic rings. The number of amides is 1. The van der Waals surface area contributed by atoms with Crippen LogP contribution >= 0.6 is 0 Å². The second-order valence-electron chi connectivity index (χ2n) is 7.03. The smallest absolute Gasteiger partial charge is 0.261 e. The number of hydrogen-bond donors (Lipinski definition) is 0. The molecule has 1 aliphatic carbocycles. The van der Waals surface area contributed by atoms with Gasteiger partial charge in [0.05, 0.1) is 17.2 Å². The van der Waals surface area contributed by atoms with E-state index in [9.17, 15) is 14.0 Å². The van der Waals surface area contributed by atoms with Crippen molar-refractivity contribution in [3.05, 3.63) is 40.7 Å². The van der Waals surface area contributed by atoms with Crippen LogP contribution in [0.3, 0.4) is 0 Å². The summed E-state index contributed by atoms with van der Waals surface area (Å²) in [4.78, 5) is 31.5. The maximum absolute atomic E-state index is 13.3. The maximum Gasteiger partial charge on any atom is 0.261 e. The van der Waals surface area contributed by atoms with Crippen LogP contribution in [0.4, 0.5) is 4.39 Å². The van der Waals surface area contributed by atoms with Gasteiger partial charge in [-0.05, 0) is 38.8 Å². The van der Waals surface area contributed by atoms with Gasteiger partial charge in [-0.2, -0.15) is 0 Å². The monoisotopic (exact) mass is 345 g/mol. The highest BCUT2D eigenvalue weighted by molar-refractivity contribution is 5.79. The van der Waals surface area contributed by atoms with Crippen molar-refractivity contribution < 1.29 is 9.18 Å². The molecule has 25 heavy (non-hydrogen) atoms. The number of halogens is 1. The minimum absolute atomic E-state index is 0.0339. The molecule has 0 unspecified atom stereocenters. The molecular formula is C19H24FN3O2. The molecule has 0 aliphatic heterocycles. The van der Waals surface area contributed by atoms with E-state index < -0.39 is 5.82 Å². The van der Waals surface area contributed by atoms with E-state index in [1.165, 1.54) is 35.5 Å². The summed E-state index contributed by atoms with van der Waals surface area (Å²) in [7, 11) is 0. The van der Waals surface area contributed by atoms with Crippen molar-refractivity contribution in [2.24, 2.45) is 0 Å². The molecule has 3 rings (SSSR count). The number of fused-ring (bicyclic) bond motifs is 1. The van der Waals surface area contributed by atoms with E-state index in [1.807, 2.05) is 18.7 Å². The van der Waals surface area contributed by atoms with Gasteiger partial charge in [-0.25, -0.2) is 9.37 Å². The first-order chi connectivity index (χ1) is 12.0. The molecule has 1 aromatic carbocycles. The molecular weight excluding hydrogens is 321 g/mol. The molecule has 1 fully saturated rings. The molecule has 1 aromatic heterocycles. The van der Waals surface area contributed by atoms with Crippen LogP contribution < -0.4 is 5.56 Å². The lowest BCUT2D eigenvalue weighted by molar-refractivity contribution is -0.137. The zero-order valence-corrected chi connectivity index (χ0v) is 14.7. The Hall–Kier alpha value is -2.24. The number of hydrogen-bond acceptors (Lipinski definition) is 3. The Labute approximate surface area is 146 Å². The topological polar surface area (TPSA) is 55.2 Å². The highest BCUT2D eigenvalue weighted by atomic mass is 19.1. The van der Waals surface area contributed by atoms with Crippen LogP contribution in [0.1, 0.15) is 46.0 Å². The Morgan fingerprint density at radius 3 is 2.72 bits per heavy atom. The molecule has 5 nitrogen and oxygen atoms in total. The first-order valence-electron chi connectivity index (χ1n) is 8.93. The summed E-state index contributed by atoms with van der Waals surface area (Å²) in [5.74, 6) is -0.497. The fraction of sp³-hybridized carbons (Fsp3) is 0.526. The lowest BCUT2D eigenvalue weighted by Gasteiger charge is -2.37. The van der Waals surface area contributed by atoms with Gasteiger partial charge in [-0.15, -0.1) is 0 Å². The van der Waals surface area contributed by atoms with Crippen molar-refractivity contribution >= 4 is 16.8 Å². The number of nitrogens with zero attached hydrogens (tertiary/aromatic N) is 3. The third-order valence-electron chi connectivity index (χ3n) is 4.91. The van der Waals surface area contributed by atoms with E-state index >= 15 is 0 Å². The molecule has 0 saturated heterocycles. The Balaban J connectivity index is 1.86. The average molecular weight is 345 g/mol. The Morgan fingerprint density at radius 2 is 2.04 bits per heavy atom. The number of carbonyl (C=O) groups is 1. The molecule has 0 radical (unpaired) electrons. The Morgan fingerprint density at radius 1 is 1.32 bits per heavy atom. The molecule has 134 valence electrons. The first-order valence-corrected chi connectivity index (χ1v) is 8.93. The molecule has 1 saturated carbocycles. The van der Waals surface area contributed by atoms with Crippen LogP contribution in [0.15, 0.2) is 29.3 Å². The predicted molar refractivity (Wildman–Crippen MR) is 94.8 cm³/mol. The molecule has 1 amide bonds. The molecule has 0 atom stereocenters. The van der Waals surface area contributed by atoms with E-state index in [0.717, 1.165) is 25.7 Å². The van der Waals surface area contributed by atoms with Crippen LogP contribution in [0, 0.1) is 5.82 Å². The second-order valence-corrected chi connectivity index (χ2v) is 7.03. The van der Waals surface area contributed by atoms with Gasteiger partial charge < -0.3 is 4.90 Å². The SMILES string of the molecule is CC(C)N(C(=O)Cn1cnc2cc(F)ccc2c1=O)C1CCCCC1. The minimum atomic E-state index is -0.434. The summed E-state index contributed by atoms with van der Waals surface area (Å²) in [6.07, 6.45) is 6.89. The van der Waals surface area contributed by atoms with E-state index in [4.69, 9.17) is 0 Å². The third kappa shape index (κ3) is 3.72. The fourth-order valence-corrected chi connectivity index (χ4v) is 3.74. The summed E-state index contributed by atoms with van der Waals surface area (Å²) in [5.41, 5.74) is -0.00704. The summed E-state index contributed by atoms with van der Waals surface area (Å²) in [5, 5.41) is 0.325. The molecule has 6 heteroatoms. The predicted octanol–water partition coefficient (Wildman–Crippen LogP) is 3.11. The van der Waals surface area contributed by atoms with Crippen LogP contribution in [0.25, 0.3) is 10.9 Å². The highest BCUT2D eigenvalue weighted by Gasteiger charge is 2.27. The van der Waals surface area contributed by atoms with Gasteiger partial charge in [0.15, 0.2) is 0 Å². The molecule has 1 heterocycles. The lowest BCUT2D eigenvalue weighted by atomic mass is 9.93. The number of aromatic nitrogens is 2. The van der Waals surface area contributed by atoms with Crippen LogP contribution in [0.2, 0.25) is 0 Å². The highest BCUT2D eigenvalue weighted by Crippen LogP contribution is 2.24. The van der Waals surface area contributed by atoms with Crippen molar-refractivity contribution in [1.82, 2.24) is 14.5 Å². The standard InChI is InChI=1S/C19H24FN3O2/c1-13(2)23(15-6-4-3-5-7-15)18(24)11-22-12-21-17-10-14(20)8-9-16(17)19(22)25/h8-10,12-13,15H,3-7,11H2,1-2H3. The Kier molecular flexibility index (Phi) is 5.16. The number of benzene rings is 1. The zero-order valence-electron chi connectivity index (χ0n) is 14.7. The van der Waals surface area contributed by atoms with Gasteiger partial charge in [0, 0.05) is 18.2 Å². The summed E-state index contributed by atoms with van der Waals surface area (Å²) in [6, 6.07) is 4.22. The first kappa shape index (κ1) is 17.6. The molecule has 0 spiro atoms. The summed E-state index contributed by atoms with van der Waals surface area (Å²) >= 11 is 0. The van der Waals surface area contributed by atoms with Crippen molar-refractivity contribution in [3.63, 3.8) is 0 Å². The largest absolute Gasteiger partial charge is 0.336 e. The van der Waals surface area contributed by atoms with Crippen LogP contribution in [0.5, 0.6) is 0 Å². The van der Waals surface area contributed by atoms with Gasteiger partial charge in [-0.1, -0.05) is 19.3 Å². The third-order valence-corrected chi connectivity index (χ3v) is 4.91. The van der Waals surface area contributed by atoms with Gasteiger partial charge in [0.1, 0.15) is 12.4 Å². The summed E-state index contributed by atoms with van der Waals surface area (Å²) in [6.45, 7) is 3.99. The van der Waals surface area contributed by atoms with E-state index in [0.29, 0.717) is 10.9 Å². The zero-order chi connectivity index (χ0) is 18.0. The minimum Gasteiger partial charge on any atom is -0.336 e. The van der Waals surface area contributed by atoms with Crippen LogP contribution in [-0.4, -0.2) is 32.4 Å². The Bertz CT molecular complexity index is 825. The van der Waals surface area contributed by atoms with E-state index in [2.05, 4.69) is 4.98 Å². The summed E-state index contributed by atoms with van der Waals surface area (Å²) < 4.78 is 14.6. The quantitative estimate of drug-likeness (QED) is 0.855. The molecule has 2 aromatic rings. The van der Waals surface area contributed by atoms with Gasteiger partial charge >= 0.3 is 0 Å². The number of rotatable bonds is 4. The molecule has 0 N–H and O–H groups in total. The normalized spacial score (nSPS) is 15.7. The van der Waals surface area contributed by atoms with Crippen LogP contribution in [-0.2, 0) is 11.3 Å². The van der Waals surface area contributed by atoms with Gasteiger partial charge in [0.2, 0.25) is 5.91 Å². The lowest BCUT2D eigenvalue weighted by Crippen LogP contribution is -2.47. The second kappa shape index (κ2) is 7.33. The van der Waals surface area contributed by atoms with Gasteiger partial charge in [-0.3, -0.25) is 14.2 Å².